The lowest BCUT2D eigenvalue weighted by Crippen LogP contribution is -2.63. The predicted molar refractivity (Wildman–Crippen MR) is 68.9 cm³/mol. The van der Waals surface area contributed by atoms with E-state index in [1.165, 1.54) is 11.0 Å². The first-order chi connectivity index (χ1) is 9.34. The number of nitrogens with one attached hydrogen (secondary N) is 1. The Hall–Kier alpha value is -1.98. The molecule has 0 unspecified atom stereocenters. The monoisotopic (exact) mass is 282 g/mol. The highest BCUT2D eigenvalue weighted by atomic mass is 19.1. The van der Waals surface area contributed by atoms with Crippen molar-refractivity contribution < 1.29 is 18.4 Å². The van der Waals surface area contributed by atoms with Crippen LogP contribution in [0.4, 0.5) is 8.78 Å². The van der Waals surface area contributed by atoms with Gasteiger partial charge in [-0.2, -0.15) is 0 Å². The summed E-state index contributed by atoms with van der Waals surface area (Å²) in [6.07, 6.45) is -0.394. The number of carbonyl (C=O) groups excluding carboxylic acids is 2. The van der Waals surface area contributed by atoms with Crippen LogP contribution < -0.4 is 5.32 Å². The number of hydrogen-bond acceptors (Lipinski definition) is 2. The van der Waals surface area contributed by atoms with Gasteiger partial charge in [0.2, 0.25) is 11.8 Å². The zero-order valence-corrected chi connectivity index (χ0v) is 11.4. The first-order valence-corrected chi connectivity index (χ1v) is 6.35. The second kappa shape index (κ2) is 5.19. The van der Waals surface area contributed by atoms with Crippen LogP contribution in [-0.2, 0) is 16.0 Å². The van der Waals surface area contributed by atoms with Crippen LogP contribution in [0, 0.1) is 11.6 Å². The fourth-order valence-electron chi connectivity index (χ4n) is 2.28. The van der Waals surface area contributed by atoms with Gasteiger partial charge in [0.25, 0.3) is 0 Å². The third-order valence-corrected chi connectivity index (χ3v) is 3.54. The van der Waals surface area contributed by atoms with Gasteiger partial charge in [0, 0.05) is 18.7 Å². The van der Waals surface area contributed by atoms with Gasteiger partial charge in [-0.1, -0.05) is 6.07 Å². The number of carbonyl (C=O) groups is 2. The van der Waals surface area contributed by atoms with Gasteiger partial charge in [-0.3, -0.25) is 9.59 Å². The van der Waals surface area contributed by atoms with E-state index in [1.54, 1.807) is 13.8 Å². The minimum Gasteiger partial charge on any atom is -0.352 e. The lowest BCUT2D eigenvalue weighted by Gasteiger charge is -2.41. The normalized spacial score (nSPS) is 17.8. The summed E-state index contributed by atoms with van der Waals surface area (Å²) < 4.78 is 27.1. The lowest BCUT2D eigenvalue weighted by atomic mass is 9.97. The Balaban J connectivity index is 2.22. The molecule has 1 aromatic rings. The SMILES string of the molecule is CC1(C)C(=O)NCCN1C(=O)Cc1c(F)cccc1F. The van der Waals surface area contributed by atoms with Crippen LogP contribution in [-0.4, -0.2) is 35.3 Å². The van der Waals surface area contributed by atoms with Gasteiger partial charge < -0.3 is 10.2 Å². The van der Waals surface area contributed by atoms with Crippen molar-refractivity contribution >= 4 is 11.8 Å². The van der Waals surface area contributed by atoms with Crippen LogP contribution in [0.15, 0.2) is 18.2 Å². The number of halogens is 2. The van der Waals surface area contributed by atoms with E-state index in [0.29, 0.717) is 13.1 Å². The standard InChI is InChI=1S/C14H16F2N2O2/c1-14(2)13(20)17-6-7-18(14)12(19)8-9-10(15)4-3-5-11(9)16/h3-5H,6-8H2,1-2H3,(H,17,20). The van der Waals surface area contributed by atoms with E-state index in [4.69, 9.17) is 0 Å². The largest absolute Gasteiger partial charge is 0.352 e. The summed E-state index contributed by atoms with van der Waals surface area (Å²) in [5.41, 5.74) is -1.28. The van der Waals surface area contributed by atoms with Crippen LogP contribution in [0.2, 0.25) is 0 Å². The van der Waals surface area contributed by atoms with E-state index in [1.807, 2.05) is 0 Å². The summed E-state index contributed by atoms with van der Waals surface area (Å²) in [4.78, 5) is 25.4. The van der Waals surface area contributed by atoms with Crippen molar-refractivity contribution in [3.63, 3.8) is 0 Å². The summed E-state index contributed by atoms with van der Waals surface area (Å²) in [5.74, 6) is -2.24. The fraction of sp³-hybridized carbons (Fsp3) is 0.429. The van der Waals surface area contributed by atoms with Gasteiger partial charge in [0.1, 0.15) is 17.2 Å². The molecule has 0 spiro atoms. The molecule has 1 heterocycles. The smallest absolute Gasteiger partial charge is 0.245 e. The number of benzene rings is 1. The Morgan fingerprint density at radius 1 is 1.35 bits per heavy atom. The third-order valence-electron chi connectivity index (χ3n) is 3.54. The van der Waals surface area contributed by atoms with Crippen molar-refractivity contribution in [3.05, 3.63) is 35.4 Å². The highest BCUT2D eigenvalue weighted by molar-refractivity contribution is 5.92. The molecule has 1 saturated heterocycles. The second-order valence-electron chi connectivity index (χ2n) is 5.24. The topological polar surface area (TPSA) is 49.4 Å². The van der Waals surface area contributed by atoms with E-state index in [0.717, 1.165) is 12.1 Å². The summed E-state index contributed by atoms with van der Waals surface area (Å²) in [5, 5.41) is 2.66. The Kier molecular flexibility index (Phi) is 3.74. The Morgan fingerprint density at radius 3 is 2.55 bits per heavy atom. The molecule has 1 aliphatic heterocycles. The molecule has 0 aromatic heterocycles. The van der Waals surface area contributed by atoms with E-state index in [2.05, 4.69) is 5.32 Å². The fourth-order valence-corrected chi connectivity index (χ4v) is 2.28. The van der Waals surface area contributed by atoms with Crippen LogP contribution in [0.25, 0.3) is 0 Å². The van der Waals surface area contributed by atoms with E-state index >= 15 is 0 Å². The van der Waals surface area contributed by atoms with Crippen molar-refractivity contribution in [1.29, 1.82) is 0 Å². The summed E-state index contributed by atoms with van der Waals surface area (Å²) >= 11 is 0. The highest BCUT2D eigenvalue weighted by Crippen LogP contribution is 2.21. The molecule has 20 heavy (non-hydrogen) atoms. The number of nitrogens with zero attached hydrogens (tertiary/aromatic N) is 1. The van der Waals surface area contributed by atoms with Crippen molar-refractivity contribution in [2.24, 2.45) is 0 Å². The lowest BCUT2D eigenvalue weighted by molar-refractivity contribution is -0.148. The molecule has 0 aliphatic carbocycles. The van der Waals surface area contributed by atoms with Gasteiger partial charge in [0.15, 0.2) is 0 Å². The minimum atomic E-state index is -1.02. The number of hydrogen-bond donors (Lipinski definition) is 1. The molecule has 1 N–H and O–H groups in total. The zero-order valence-electron chi connectivity index (χ0n) is 11.4. The Morgan fingerprint density at radius 2 is 1.95 bits per heavy atom. The second-order valence-corrected chi connectivity index (χ2v) is 5.24. The average Bonchev–Trinajstić information content (AvgIpc) is 2.37. The molecule has 0 atom stereocenters. The van der Waals surface area contributed by atoms with E-state index < -0.39 is 29.5 Å². The quantitative estimate of drug-likeness (QED) is 0.887. The maximum absolute atomic E-state index is 13.6. The number of rotatable bonds is 2. The summed E-state index contributed by atoms with van der Waals surface area (Å²) in [6.45, 7) is 3.88. The zero-order chi connectivity index (χ0) is 14.9. The molecular weight excluding hydrogens is 266 g/mol. The van der Waals surface area contributed by atoms with Crippen molar-refractivity contribution in [2.45, 2.75) is 25.8 Å². The van der Waals surface area contributed by atoms with Crippen molar-refractivity contribution in [1.82, 2.24) is 10.2 Å². The highest BCUT2D eigenvalue weighted by Gasteiger charge is 2.40. The molecular formula is C14H16F2N2O2. The molecule has 1 fully saturated rings. The molecule has 6 heteroatoms. The molecule has 2 amide bonds. The maximum atomic E-state index is 13.6. The van der Waals surface area contributed by atoms with Gasteiger partial charge in [-0.15, -0.1) is 0 Å². The first kappa shape index (κ1) is 14.4. The molecule has 1 aromatic carbocycles. The molecule has 0 bridgehead atoms. The van der Waals surface area contributed by atoms with Gasteiger partial charge in [0.05, 0.1) is 6.42 Å². The van der Waals surface area contributed by atoms with Crippen LogP contribution >= 0.6 is 0 Å². The number of piperazine rings is 1. The van der Waals surface area contributed by atoms with E-state index in [-0.39, 0.29) is 11.5 Å². The minimum absolute atomic E-state index is 0.265. The van der Waals surface area contributed by atoms with Gasteiger partial charge in [-0.05, 0) is 26.0 Å². The molecule has 0 radical (unpaired) electrons. The summed E-state index contributed by atoms with van der Waals surface area (Å²) in [6, 6.07) is 3.47. The van der Waals surface area contributed by atoms with E-state index in [9.17, 15) is 18.4 Å². The predicted octanol–water partition coefficient (Wildman–Crippen LogP) is 1.24. The van der Waals surface area contributed by atoms with Crippen molar-refractivity contribution in [3.8, 4) is 0 Å². The van der Waals surface area contributed by atoms with Crippen LogP contribution in [0.5, 0.6) is 0 Å². The first-order valence-electron chi connectivity index (χ1n) is 6.35. The van der Waals surface area contributed by atoms with Gasteiger partial charge in [-0.25, -0.2) is 8.78 Å². The Labute approximate surface area is 115 Å². The summed E-state index contributed by atoms with van der Waals surface area (Å²) in [7, 11) is 0. The average molecular weight is 282 g/mol. The van der Waals surface area contributed by atoms with Crippen molar-refractivity contribution in [2.75, 3.05) is 13.1 Å². The Bertz CT molecular complexity index is 538. The number of amides is 2. The third kappa shape index (κ3) is 2.50. The van der Waals surface area contributed by atoms with Gasteiger partial charge >= 0.3 is 0 Å². The maximum Gasteiger partial charge on any atom is 0.245 e. The molecule has 0 saturated carbocycles. The molecule has 2 rings (SSSR count). The molecule has 4 nitrogen and oxygen atoms in total. The molecule has 108 valence electrons. The molecule has 1 aliphatic rings. The van der Waals surface area contributed by atoms with Crippen LogP contribution in [0.1, 0.15) is 19.4 Å². The van der Waals surface area contributed by atoms with Crippen LogP contribution in [0.3, 0.4) is 0 Å².